The predicted molar refractivity (Wildman–Crippen MR) is 89.6 cm³/mol. The van der Waals surface area contributed by atoms with Crippen molar-refractivity contribution in [2.45, 2.75) is 25.8 Å². The Kier molecular flexibility index (Phi) is 3.27. The van der Waals surface area contributed by atoms with Crippen LogP contribution < -0.4 is 10.0 Å². The fourth-order valence-electron chi connectivity index (χ4n) is 3.94. The minimum absolute atomic E-state index is 0.412. The van der Waals surface area contributed by atoms with Crippen LogP contribution in [-0.2, 0) is 0 Å². The van der Waals surface area contributed by atoms with Crippen molar-refractivity contribution in [3.8, 4) is 6.07 Å². The van der Waals surface area contributed by atoms with Crippen molar-refractivity contribution in [1.29, 1.82) is 5.26 Å². The Hall–Kier alpha value is -1.82. The highest BCUT2D eigenvalue weighted by molar-refractivity contribution is 7.94. The van der Waals surface area contributed by atoms with E-state index < -0.39 is 0 Å². The van der Waals surface area contributed by atoms with E-state index in [1.54, 1.807) is 17.0 Å². The molecule has 0 radical (unpaired) electrons. The van der Waals surface area contributed by atoms with Crippen molar-refractivity contribution in [3.05, 3.63) is 23.7 Å². The molecule has 1 aliphatic carbocycles. The van der Waals surface area contributed by atoms with Crippen LogP contribution in [0.3, 0.4) is 0 Å². The third-order valence-electron chi connectivity index (χ3n) is 5.30. The van der Waals surface area contributed by atoms with Gasteiger partial charge in [-0.2, -0.15) is 10.4 Å². The summed E-state index contributed by atoms with van der Waals surface area (Å²) in [6.45, 7) is 4.00. The fraction of sp³-hybridized carbons (Fsp3) is 0.533. The molecule has 1 saturated heterocycles. The lowest BCUT2D eigenvalue weighted by Crippen LogP contribution is -2.66. The smallest absolute Gasteiger partial charge is 0.156 e. The molecule has 2 aliphatic rings. The molecule has 1 spiro atoms. The van der Waals surface area contributed by atoms with E-state index in [9.17, 15) is 5.26 Å². The quantitative estimate of drug-likeness (QED) is 0.850. The third kappa shape index (κ3) is 2.11. The lowest BCUT2D eigenvalue weighted by atomic mass is 9.60. The lowest BCUT2D eigenvalue weighted by molar-refractivity contribution is 0.0240. The molecule has 23 heavy (non-hydrogen) atoms. The second-order valence-corrected chi connectivity index (χ2v) is 7.51. The normalized spacial score (nSPS) is 19.9. The summed E-state index contributed by atoms with van der Waals surface area (Å²) in [7, 11) is 2.06. The van der Waals surface area contributed by atoms with Crippen LogP contribution in [0.2, 0.25) is 0 Å². The van der Waals surface area contributed by atoms with E-state index in [1.165, 1.54) is 25.0 Å². The largest absolute Gasteiger partial charge is 0.354 e. The Bertz CT molecular complexity index is 794. The molecule has 7 nitrogen and oxygen atoms in total. The van der Waals surface area contributed by atoms with Gasteiger partial charge in [-0.1, -0.05) is 0 Å². The van der Waals surface area contributed by atoms with Crippen LogP contribution in [0.15, 0.2) is 12.5 Å². The van der Waals surface area contributed by atoms with Crippen molar-refractivity contribution < 1.29 is 0 Å². The third-order valence-corrected chi connectivity index (χ3v) is 5.93. The molecular formula is C15H19N7S. The van der Waals surface area contributed by atoms with Gasteiger partial charge in [0.25, 0.3) is 0 Å². The van der Waals surface area contributed by atoms with E-state index in [0.717, 1.165) is 30.0 Å². The average molecular weight is 329 g/mol. The standard InChI is InChI=1S/C15H19N7S/c1-10-11(5-16)6-22-13(10)14(18-9-19-22)21-7-15(8-21)3-12(4-15)20(2)23-17/h6,9,12H,3-4,7-8,17H2,1-2H3. The predicted octanol–water partition coefficient (Wildman–Crippen LogP) is 1.33. The van der Waals surface area contributed by atoms with Crippen LogP contribution in [0.25, 0.3) is 5.52 Å². The number of anilines is 1. The average Bonchev–Trinajstić information content (AvgIpc) is 2.81. The van der Waals surface area contributed by atoms with Crippen LogP contribution in [-0.4, -0.2) is 45.1 Å². The first-order valence-electron chi connectivity index (χ1n) is 7.64. The molecule has 1 saturated carbocycles. The molecular weight excluding hydrogens is 310 g/mol. The SMILES string of the molecule is Cc1c(C#N)cn2ncnc(N3CC4(CC(N(C)SN)C4)C3)c12. The first kappa shape index (κ1) is 14.8. The molecule has 0 unspecified atom stereocenters. The van der Waals surface area contributed by atoms with Crippen molar-refractivity contribution in [2.75, 3.05) is 25.0 Å². The van der Waals surface area contributed by atoms with Gasteiger partial charge in [-0.05, 0) is 32.4 Å². The van der Waals surface area contributed by atoms with Crippen LogP contribution >= 0.6 is 12.1 Å². The summed E-state index contributed by atoms with van der Waals surface area (Å²) < 4.78 is 3.91. The minimum Gasteiger partial charge on any atom is -0.354 e. The van der Waals surface area contributed by atoms with E-state index in [-0.39, 0.29) is 0 Å². The maximum absolute atomic E-state index is 9.21. The van der Waals surface area contributed by atoms with Gasteiger partial charge >= 0.3 is 0 Å². The van der Waals surface area contributed by atoms with Crippen molar-refractivity contribution >= 4 is 23.5 Å². The van der Waals surface area contributed by atoms with Crippen molar-refractivity contribution in [2.24, 2.45) is 10.6 Å². The van der Waals surface area contributed by atoms with Gasteiger partial charge in [0.05, 0.1) is 5.56 Å². The zero-order valence-corrected chi connectivity index (χ0v) is 14.0. The molecule has 120 valence electrons. The molecule has 2 N–H and O–H groups in total. The first-order valence-corrected chi connectivity index (χ1v) is 8.48. The lowest BCUT2D eigenvalue weighted by Gasteiger charge is -2.60. The Morgan fingerprint density at radius 1 is 1.48 bits per heavy atom. The fourth-order valence-corrected chi connectivity index (χ4v) is 4.26. The molecule has 2 fully saturated rings. The number of fused-ring (bicyclic) bond motifs is 1. The zero-order chi connectivity index (χ0) is 16.2. The van der Waals surface area contributed by atoms with Gasteiger partial charge in [0.15, 0.2) is 5.82 Å². The van der Waals surface area contributed by atoms with Crippen LogP contribution in [0.1, 0.15) is 24.0 Å². The van der Waals surface area contributed by atoms with Crippen LogP contribution in [0.5, 0.6) is 0 Å². The highest BCUT2D eigenvalue weighted by Crippen LogP contribution is 2.52. The summed E-state index contributed by atoms with van der Waals surface area (Å²) in [5.41, 5.74) is 2.97. The summed E-state index contributed by atoms with van der Waals surface area (Å²) >= 11 is 1.32. The van der Waals surface area contributed by atoms with Gasteiger partial charge in [0.2, 0.25) is 0 Å². The molecule has 2 aromatic heterocycles. The molecule has 0 aromatic carbocycles. The van der Waals surface area contributed by atoms with Crippen molar-refractivity contribution in [3.63, 3.8) is 0 Å². The van der Waals surface area contributed by atoms with Crippen molar-refractivity contribution in [1.82, 2.24) is 18.9 Å². The van der Waals surface area contributed by atoms with E-state index in [1.807, 2.05) is 6.92 Å². The van der Waals surface area contributed by atoms with Crippen LogP contribution in [0, 0.1) is 23.7 Å². The monoisotopic (exact) mass is 329 g/mol. The maximum Gasteiger partial charge on any atom is 0.156 e. The number of nitrogens with zero attached hydrogens (tertiary/aromatic N) is 6. The second kappa shape index (κ2) is 5.09. The number of hydrogen-bond acceptors (Lipinski definition) is 7. The second-order valence-electron chi connectivity index (χ2n) is 6.73. The number of nitrogens with two attached hydrogens (primary N) is 1. The summed E-state index contributed by atoms with van der Waals surface area (Å²) in [5.74, 6) is 0.939. The zero-order valence-electron chi connectivity index (χ0n) is 13.2. The van der Waals surface area contributed by atoms with E-state index in [4.69, 9.17) is 5.14 Å². The van der Waals surface area contributed by atoms with Gasteiger partial charge in [0, 0.05) is 42.9 Å². The Balaban J connectivity index is 1.55. The van der Waals surface area contributed by atoms with Gasteiger partial charge in [-0.25, -0.2) is 13.8 Å². The maximum atomic E-state index is 9.21. The number of aryl methyl sites for hydroxylation is 1. The van der Waals surface area contributed by atoms with E-state index in [2.05, 4.69) is 32.4 Å². The molecule has 0 bridgehead atoms. The number of rotatable bonds is 3. The van der Waals surface area contributed by atoms with E-state index in [0.29, 0.717) is 17.0 Å². The van der Waals surface area contributed by atoms with Gasteiger partial charge in [-0.3, -0.25) is 5.14 Å². The Morgan fingerprint density at radius 2 is 2.22 bits per heavy atom. The molecule has 1 aliphatic heterocycles. The van der Waals surface area contributed by atoms with Gasteiger partial charge in [0.1, 0.15) is 17.9 Å². The summed E-state index contributed by atoms with van der Waals surface area (Å²) in [5, 5.41) is 19.1. The number of aromatic nitrogens is 3. The summed E-state index contributed by atoms with van der Waals surface area (Å²) in [6.07, 6.45) is 5.72. The minimum atomic E-state index is 0.412. The van der Waals surface area contributed by atoms with Gasteiger partial charge in [-0.15, -0.1) is 0 Å². The molecule has 0 atom stereocenters. The highest BCUT2D eigenvalue weighted by atomic mass is 32.2. The molecule has 4 rings (SSSR count). The summed E-state index contributed by atoms with van der Waals surface area (Å²) in [4.78, 5) is 6.78. The van der Waals surface area contributed by atoms with Crippen LogP contribution in [0.4, 0.5) is 5.82 Å². The number of hydrogen-bond donors (Lipinski definition) is 1. The molecule has 3 heterocycles. The Labute approximate surface area is 139 Å². The number of nitriles is 1. The summed E-state index contributed by atoms with van der Waals surface area (Å²) in [6, 6.07) is 2.80. The van der Waals surface area contributed by atoms with E-state index >= 15 is 0 Å². The molecule has 0 amide bonds. The molecule has 8 heteroatoms. The first-order chi connectivity index (χ1) is 11.1. The molecule has 2 aromatic rings. The highest BCUT2D eigenvalue weighted by Gasteiger charge is 2.54. The topological polar surface area (TPSA) is 86.5 Å². The van der Waals surface area contributed by atoms with Gasteiger partial charge < -0.3 is 4.90 Å². The Morgan fingerprint density at radius 3 is 2.87 bits per heavy atom.